The molecule has 0 aliphatic carbocycles. The molecular weight excluding hydrogens is 226 g/mol. The Bertz CT molecular complexity index is 392. The Morgan fingerprint density at radius 3 is 2.61 bits per heavy atom. The van der Waals surface area contributed by atoms with Crippen molar-refractivity contribution in [1.82, 2.24) is 0 Å². The maximum Gasteiger partial charge on any atom is 0.161 e. The minimum Gasteiger partial charge on any atom is -0.493 e. The minimum atomic E-state index is 0.770. The molecule has 1 aliphatic rings. The van der Waals surface area contributed by atoms with Gasteiger partial charge in [-0.3, -0.25) is 0 Å². The second kappa shape index (κ2) is 6.10. The summed E-state index contributed by atoms with van der Waals surface area (Å²) in [4.78, 5) is 1.69. The molecule has 2 rings (SSSR count). The Hall–Kier alpha value is -1.22. The third-order valence-electron chi connectivity index (χ3n) is 3.96. The van der Waals surface area contributed by atoms with E-state index in [9.17, 15) is 0 Å². The maximum absolute atomic E-state index is 5.36. The van der Waals surface area contributed by atoms with Crippen molar-refractivity contribution in [3.8, 4) is 11.5 Å². The molecule has 2 atom stereocenters. The second-order valence-electron chi connectivity index (χ2n) is 5.17. The summed E-state index contributed by atoms with van der Waals surface area (Å²) in [6.45, 7) is 4.73. The maximum atomic E-state index is 5.36. The van der Waals surface area contributed by atoms with E-state index in [2.05, 4.69) is 19.1 Å². The first-order valence-electron chi connectivity index (χ1n) is 6.80. The van der Waals surface area contributed by atoms with Gasteiger partial charge in [0.15, 0.2) is 11.5 Å². The molecular formula is C15H24NO2+. The summed E-state index contributed by atoms with van der Waals surface area (Å²) in [5, 5.41) is 0. The van der Waals surface area contributed by atoms with Crippen molar-refractivity contribution in [2.45, 2.75) is 38.8 Å². The van der Waals surface area contributed by atoms with Crippen molar-refractivity contribution in [2.75, 3.05) is 20.8 Å². The van der Waals surface area contributed by atoms with E-state index in [0.717, 1.165) is 24.1 Å². The second-order valence-corrected chi connectivity index (χ2v) is 5.17. The van der Waals surface area contributed by atoms with E-state index >= 15 is 0 Å². The van der Waals surface area contributed by atoms with Crippen molar-refractivity contribution in [3.05, 3.63) is 23.8 Å². The van der Waals surface area contributed by atoms with E-state index in [1.165, 1.54) is 31.4 Å². The summed E-state index contributed by atoms with van der Waals surface area (Å²) in [6.07, 6.45) is 4.09. The smallest absolute Gasteiger partial charge is 0.161 e. The van der Waals surface area contributed by atoms with Crippen molar-refractivity contribution in [1.29, 1.82) is 0 Å². The Morgan fingerprint density at radius 1 is 1.17 bits per heavy atom. The van der Waals surface area contributed by atoms with Gasteiger partial charge in [0, 0.05) is 5.56 Å². The minimum absolute atomic E-state index is 0.770. The van der Waals surface area contributed by atoms with E-state index in [1.54, 1.807) is 19.1 Å². The van der Waals surface area contributed by atoms with Crippen LogP contribution in [0, 0.1) is 0 Å². The van der Waals surface area contributed by atoms with Crippen LogP contribution in [0.2, 0.25) is 0 Å². The van der Waals surface area contributed by atoms with Gasteiger partial charge >= 0.3 is 0 Å². The van der Waals surface area contributed by atoms with Gasteiger partial charge in [-0.25, -0.2) is 0 Å². The number of rotatable bonds is 4. The first-order valence-corrected chi connectivity index (χ1v) is 6.80. The van der Waals surface area contributed by atoms with Crippen LogP contribution in [0.15, 0.2) is 18.2 Å². The van der Waals surface area contributed by atoms with Crippen LogP contribution in [0.25, 0.3) is 0 Å². The number of hydrogen-bond donors (Lipinski definition) is 1. The number of ether oxygens (including phenoxy) is 2. The number of nitrogens with one attached hydrogen (secondary N) is 1. The van der Waals surface area contributed by atoms with Crippen LogP contribution in [0.4, 0.5) is 0 Å². The monoisotopic (exact) mass is 250 g/mol. The van der Waals surface area contributed by atoms with Crippen LogP contribution in [-0.4, -0.2) is 26.8 Å². The summed E-state index contributed by atoms with van der Waals surface area (Å²) in [7, 11) is 3.37. The standard InChI is InChI=1S/C15H23NO2/c1-12-6-4-5-9-16(12)11-13-7-8-14(17-2)15(10-13)18-3/h7-8,10,12H,4-6,9,11H2,1-3H3/p+1/t12-/m1/s1. The average molecular weight is 250 g/mol. The molecule has 1 aliphatic heterocycles. The zero-order chi connectivity index (χ0) is 13.0. The quantitative estimate of drug-likeness (QED) is 0.878. The molecule has 0 aromatic heterocycles. The van der Waals surface area contributed by atoms with Gasteiger partial charge in [-0.15, -0.1) is 0 Å². The van der Waals surface area contributed by atoms with Gasteiger partial charge in [-0.2, -0.15) is 0 Å². The van der Waals surface area contributed by atoms with Crippen molar-refractivity contribution in [2.24, 2.45) is 0 Å². The fourth-order valence-electron chi connectivity index (χ4n) is 2.77. The van der Waals surface area contributed by atoms with Gasteiger partial charge in [-0.1, -0.05) is 0 Å². The molecule has 3 nitrogen and oxygen atoms in total. The van der Waals surface area contributed by atoms with Gasteiger partial charge in [0.2, 0.25) is 0 Å². The van der Waals surface area contributed by atoms with Crippen molar-refractivity contribution < 1.29 is 14.4 Å². The number of quaternary nitrogens is 1. The van der Waals surface area contributed by atoms with Gasteiger partial charge in [0.1, 0.15) is 6.54 Å². The van der Waals surface area contributed by atoms with Crippen molar-refractivity contribution >= 4 is 0 Å². The molecule has 0 saturated carbocycles. The summed E-state index contributed by atoms with van der Waals surface area (Å²) < 4.78 is 10.6. The number of methoxy groups -OCH3 is 2. The van der Waals surface area contributed by atoms with Gasteiger partial charge in [0.05, 0.1) is 26.8 Å². The molecule has 1 saturated heterocycles. The zero-order valence-corrected chi connectivity index (χ0v) is 11.7. The van der Waals surface area contributed by atoms with Gasteiger partial charge in [-0.05, 0) is 44.4 Å². The van der Waals surface area contributed by atoms with E-state index in [4.69, 9.17) is 9.47 Å². The van der Waals surface area contributed by atoms with Crippen LogP contribution < -0.4 is 14.4 Å². The molecule has 1 aromatic rings. The van der Waals surface area contributed by atoms with Gasteiger partial charge < -0.3 is 14.4 Å². The zero-order valence-electron chi connectivity index (χ0n) is 11.7. The molecule has 1 aromatic carbocycles. The fraction of sp³-hybridized carbons (Fsp3) is 0.600. The first-order chi connectivity index (χ1) is 8.74. The van der Waals surface area contributed by atoms with Crippen LogP contribution >= 0.6 is 0 Å². The lowest BCUT2D eigenvalue weighted by Crippen LogP contribution is -3.14. The molecule has 3 heteroatoms. The van der Waals surface area contributed by atoms with Crippen LogP contribution in [-0.2, 0) is 6.54 Å². The topological polar surface area (TPSA) is 22.9 Å². The lowest BCUT2D eigenvalue weighted by molar-refractivity contribution is -0.941. The molecule has 1 heterocycles. The highest BCUT2D eigenvalue weighted by atomic mass is 16.5. The molecule has 18 heavy (non-hydrogen) atoms. The third-order valence-corrected chi connectivity index (χ3v) is 3.96. The largest absolute Gasteiger partial charge is 0.493 e. The highest BCUT2D eigenvalue weighted by molar-refractivity contribution is 5.42. The Kier molecular flexibility index (Phi) is 4.48. The van der Waals surface area contributed by atoms with Crippen molar-refractivity contribution in [3.63, 3.8) is 0 Å². The molecule has 0 radical (unpaired) electrons. The molecule has 0 spiro atoms. The predicted octanol–water partition coefficient (Wildman–Crippen LogP) is 1.66. The molecule has 1 unspecified atom stereocenters. The normalized spacial score (nSPS) is 23.7. The highest BCUT2D eigenvalue weighted by Crippen LogP contribution is 2.27. The summed E-state index contributed by atoms with van der Waals surface area (Å²) in [5.74, 6) is 1.64. The molecule has 0 amide bonds. The lowest BCUT2D eigenvalue weighted by Gasteiger charge is -2.30. The van der Waals surface area contributed by atoms with Crippen LogP contribution in [0.5, 0.6) is 11.5 Å². The number of benzene rings is 1. The summed E-state index contributed by atoms with van der Waals surface area (Å²) in [6, 6.07) is 7.03. The van der Waals surface area contributed by atoms with Crippen LogP contribution in [0.1, 0.15) is 31.7 Å². The van der Waals surface area contributed by atoms with E-state index in [-0.39, 0.29) is 0 Å². The fourth-order valence-corrected chi connectivity index (χ4v) is 2.77. The van der Waals surface area contributed by atoms with Gasteiger partial charge in [0.25, 0.3) is 0 Å². The predicted molar refractivity (Wildman–Crippen MR) is 72.4 cm³/mol. The van der Waals surface area contributed by atoms with Crippen LogP contribution in [0.3, 0.4) is 0 Å². The SMILES string of the molecule is COc1ccc(C[NH+]2CCCC[C@H]2C)cc1OC. The number of hydrogen-bond acceptors (Lipinski definition) is 2. The average Bonchev–Trinajstić information content (AvgIpc) is 2.41. The Balaban J connectivity index is 2.08. The van der Waals surface area contributed by atoms with E-state index in [1.807, 2.05) is 6.07 Å². The molecule has 100 valence electrons. The number of likely N-dealkylation sites (tertiary alicyclic amines) is 1. The van der Waals surface area contributed by atoms with E-state index in [0.29, 0.717) is 0 Å². The third kappa shape index (κ3) is 2.96. The lowest BCUT2D eigenvalue weighted by atomic mass is 10.0. The van der Waals surface area contributed by atoms with E-state index < -0.39 is 0 Å². The molecule has 1 fully saturated rings. The first kappa shape index (κ1) is 13.2. The summed E-state index contributed by atoms with van der Waals surface area (Å²) in [5.41, 5.74) is 1.33. The molecule has 1 N–H and O–H groups in total. The number of piperidine rings is 1. The Morgan fingerprint density at radius 2 is 1.94 bits per heavy atom. The Labute approximate surface area is 110 Å². The highest BCUT2D eigenvalue weighted by Gasteiger charge is 2.22. The molecule has 0 bridgehead atoms. The summed E-state index contributed by atoms with van der Waals surface area (Å²) >= 11 is 0.